The maximum Gasteiger partial charge on any atom is 0.0671 e. The topological polar surface area (TPSA) is 9.23 Å². The smallest absolute Gasteiger partial charge is 0.0671 e. The number of hydrogen-bond acceptors (Lipinski definition) is 1. The van der Waals surface area contributed by atoms with Gasteiger partial charge < -0.3 is 4.74 Å². The van der Waals surface area contributed by atoms with E-state index in [0.29, 0.717) is 11.5 Å². The number of alkyl halides is 1. The van der Waals surface area contributed by atoms with Crippen LogP contribution in [0.2, 0.25) is 0 Å². The molecule has 0 aromatic heterocycles. The van der Waals surface area contributed by atoms with Gasteiger partial charge in [-0.1, -0.05) is 58.3 Å². The monoisotopic (exact) mass is 300 g/mol. The molecule has 2 unspecified atom stereocenters. The zero-order chi connectivity index (χ0) is 14.3. The normalized spacial score (nSPS) is 30.0. The quantitative estimate of drug-likeness (QED) is 0.339. The van der Waals surface area contributed by atoms with Crippen molar-refractivity contribution < 1.29 is 4.74 Å². The van der Waals surface area contributed by atoms with Crippen LogP contribution in [0.15, 0.2) is 0 Å². The highest BCUT2D eigenvalue weighted by Gasteiger charge is 2.49. The van der Waals surface area contributed by atoms with E-state index in [-0.39, 0.29) is 0 Å². The van der Waals surface area contributed by atoms with E-state index in [1.54, 1.807) is 0 Å². The fraction of sp³-hybridized carbons (Fsp3) is 1.00. The van der Waals surface area contributed by atoms with Crippen LogP contribution in [0, 0.1) is 11.3 Å². The lowest BCUT2D eigenvalue weighted by molar-refractivity contribution is 0.0354. The first-order valence-corrected chi connectivity index (χ1v) is 9.53. The summed E-state index contributed by atoms with van der Waals surface area (Å²) in [6.45, 7) is 3.23. The van der Waals surface area contributed by atoms with Crippen molar-refractivity contribution in [3.05, 3.63) is 0 Å². The summed E-state index contributed by atoms with van der Waals surface area (Å²) in [6, 6.07) is 0. The molecule has 2 fully saturated rings. The molecule has 1 nitrogen and oxygen atoms in total. The molecule has 0 bridgehead atoms. The van der Waals surface area contributed by atoms with Crippen LogP contribution in [0.1, 0.15) is 84.0 Å². The second kappa shape index (κ2) is 8.63. The molecule has 118 valence electrons. The zero-order valence-corrected chi connectivity index (χ0v) is 14.1. The Labute approximate surface area is 130 Å². The van der Waals surface area contributed by atoms with E-state index >= 15 is 0 Å². The Morgan fingerprint density at radius 2 is 1.65 bits per heavy atom. The third-order valence-electron chi connectivity index (χ3n) is 5.35. The summed E-state index contributed by atoms with van der Waals surface area (Å²) in [5.41, 5.74) is 0.324. The lowest BCUT2D eigenvalue weighted by Gasteiger charge is -2.32. The Morgan fingerprint density at radius 3 is 2.25 bits per heavy atom. The number of halogens is 1. The van der Waals surface area contributed by atoms with Crippen molar-refractivity contribution in [3.63, 3.8) is 0 Å². The van der Waals surface area contributed by atoms with E-state index in [2.05, 4.69) is 6.92 Å². The van der Waals surface area contributed by atoms with Crippen molar-refractivity contribution in [1.82, 2.24) is 0 Å². The molecule has 2 rings (SSSR count). The SMILES string of the molecule is CCCCCCCCCCC1(CCl)CCOC1C1CC1. The van der Waals surface area contributed by atoms with Gasteiger partial charge in [-0.25, -0.2) is 0 Å². The molecule has 0 spiro atoms. The highest BCUT2D eigenvalue weighted by atomic mass is 35.5. The van der Waals surface area contributed by atoms with Gasteiger partial charge in [0.2, 0.25) is 0 Å². The molecule has 0 N–H and O–H groups in total. The summed E-state index contributed by atoms with van der Waals surface area (Å²) >= 11 is 6.35. The number of hydrogen-bond donors (Lipinski definition) is 0. The van der Waals surface area contributed by atoms with E-state index in [9.17, 15) is 0 Å². The summed E-state index contributed by atoms with van der Waals surface area (Å²) in [7, 11) is 0. The fourth-order valence-electron chi connectivity index (χ4n) is 3.83. The first kappa shape index (κ1) is 16.6. The zero-order valence-electron chi connectivity index (χ0n) is 13.3. The van der Waals surface area contributed by atoms with Gasteiger partial charge in [-0.05, 0) is 31.6 Å². The Balaban J connectivity index is 1.59. The van der Waals surface area contributed by atoms with Crippen LogP contribution < -0.4 is 0 Å². The minimum atomic E-state index is 0.324. The van der Waals surface area contributed by atoms with Crippen molar-refractivity contribution in [2.24, 2.45) is 11.3 Å². The van der Waals surface area contributed by atoms with Gasteiger partial charge in [0, 0.05) is 17.9 Å². The number of ether oxygens (including phenoxy) is 1. The average molecular weight is 301 g/mol. The second-order valence-corrected chi connectivity index (χ2v) is 7.37. The predicted molar refractivity (Wildman–Crippen MR) is 87.5 cm³/mol. The Bertz CT molecular complexity index is 264. The van der Waals surface area contributed by atoms with E-state index in [0.717, 1.165) is 18.4 Å². The lowest BCUT2D eigenvalue weighted by Crippen LogP contribution is -2.34. The predicted octanol–water partition coefficient (Wildman–Crippen LogP) is 5.94. The lowest BCUT2D eigenvalue weighted by atomic mass is 9.76. The maximum atomic E-state index is 6.35. The molecule has 0 aromatic rings. The third kappa shape index (κ3) is 4.63. The van der Waals surface area contributed by atoms with Gasteiger partial charge in [0.25, 0.3) is 0 Å². The standard InChI is InChI=1S/C18H33ClO/c1-2-3-4-5-6-7-8-9-12-18(15-19)13-14-20-17(18)16-10-11-16/h16-17H,2-15H2,1H3. The van der Waals surface area contributed by atoms with Gasteiger partial charge in [-0.15, -0.1) is 11.6 Å². The van der Waals surface area contributed by atoms with Gasteiger partial charge in [0.1, 0.15) is 0 Å². The number of unbranched alkanes of at least 4 members (excludes halogenated alkanes) is 7. The van der Waals surface area contributed by atoms with Gasteiger partial charge in [0.15, 0.2) is 0 Å². The minimum Gasteiger partial charge on any atom is -0.377 e. The van der Waals surface area contributed by atoms with Crippen LogP contribution in [0.5, 0.6) is 0 Å². The van der Waals surface area contributed by atoms with Gasteiger partial charge in [-0.2, -0.15) is 0 Å². The number of rotatable bonds is 11. The molecule has 1 saturated heterocycles. The third-order valence-corrected chi connectivity index (χ3v) is 5.88. The largest absolute Gasteiger partial charge is 0.377 e. The molecule has 0 radical (unpaired) electrons. The fourth-order valence-corrected chi connectivity index (χ4v) is 4.25. The molecule has 0 amide bonds. The van der Waals surface area contributed by atoms with Crippen molar-refractivity contribution in [1.29, 1.82) is 0 Å². The van der Waals surface area contributed by atoms with Crippen molar-refractivity contribution in [2.75, 3.05) is 12.5 Å². The van der Waals surface area contributed by atoms with E-state index in [4.69, 9.17) is 16.3 Å². The molecule has 1 heterocycles. The van der Waals surface area contributed by atoms with Crippen LogP contribution in [0.3, 0.4) is 0 Å². The summed E-state index contributed by atoms with van der Waals surface area (Å²) in [4.78, 5) is 0. The molecular weight excluding hydrogens is 268 g/mol. The molecular formula is C18H33ClO. The highest BCUT2D eigenvalue weighted by molar-refractivity contribution is 6.18. The van der Waals surface area contributed by atoms with E-state index in [1.807, 2.05) is 0 Å². The summed E-state index contributed by atoms with van der Waals surface area (Å²) in [5, 5.41) is 0. The van der Waals surface area contributed by atoms with Gasteiger partial charge in [-0.3, -0.25) is 0 Å². The summed E-state index contributed by atoms with van der Waals surface area (Å²) < 4.78 is 6.02. The van der Waals surface area contributed by atoms with Crippen molar-refractivity contribution in [2.45, 2.75) is 90.1 Å². The van der Waals surface area contributed by atoms with Crippen molar-refractivity contribution >= 4 is 11.6 Å². The van der Waals surface area contributed by atoms with Gasteiger partial charge in [0.05, 0.1) is 6.10 Å². The first-order valence-electron chi connectivity index (χ1n) is 9.00. The van der Waals surface area contributed by atoms with Gasteiger partial charge >= 0.3 is 0 Å². The molecule has 2 heteroatoms. The molecule has 1 saturated carbocycles. The van der Waals surface area contributed by atoms with Crippen LogP contribution in [0.4, 0.5) is 0 Å². The molecule has 0 aromatic carbocycles. The summed E-state index contributed by atoms with van der Waals surface area (Å²) in [6.07, 6.45) is 17.0. The summed E-state index contributed by atoms with van der Waals surface area (Å²) in [5.74, 6) is 1.65. The molecule has 20 heavy (non-hydrogen) atoms. The molecule has 2 aliphatic rings. The molecule has 1 aliphatic heterocycles. The minimum absolute atomic E-state index is 0.324. The Morgan fingerprint density at radius 1 is 1.00 bits per heavy atom. The second-order valence-electron chi connectivity index (χ2n) is 7.10. The van der Waals surface area contributed by atoms with Crippen LogP contribution in [0.25, 0.3) is 0 Å². The van der Waals surface area contributed by atoms with Crippen LogP contribution in [-0.4, -0.2) is 18.6 Å². The first-order chi connectivity index (χ1) is 9.82. The average Bonchev–Trinajstić information content (AvgIpc) is 3.23. The Hall–Kier alpha value is 0.250. The van der Waals surface area contributed by atoms with Crippen molar-refractivity contribution in [3.8, 4) is 0 Å². The molecule has 2 atom stereocenters. The maximum absolute atomic E-state index is 6.35. The van der Waals surface area contributed by atoms with Crippen LogP contribution >= 0.6 is 11.6 Å². The van der Waals surface area contributed by atoms with E-state index in [1.165, 1.54) is 77.0 Å². The highest BCUT2D eigenvalue weighted by Crippen LogP contribution is 2.50. The van der Waals surface area contributed by atoms with E-state index < -0.39 is 0 Å². The Kier molecular flexibility index (Phi) is 7.17. The molecule has 1 aliphatic carbocycles. The van der Waals surface area contributed by atoms with Crippen LogP contribution in [-0.2, 0) is 4.74 Å².